The maximum absolute atomic E-state index is 11.3. The summed E-state index contributed by atoms with van der Waals surface area (Å²) < 4.78 is 24.8. The molecule has 0 aromatic heterocycles. The smallest absolute Gasteiger partial charge is 0.320 e. The molecular formula is C10H19NO5S. The molecule has 17 heavy (non-hydrogen) atoms. The Labute approximate surface area is 101 Å². The first kappa shape index (κ1) is 14.4. The molecule has 7 heteroatoms. The lowest BCUT2D eigenvalue weighted by molar-refractivity contribution is -0.134. The molecule has 0 bridgehead atoms. The van der Waals surface area contributed by atoms with Crippen LogP contribution in [0.5, 0.6) is 0 Å². The van der Waals surface area contributed by atoms with Crippen LogP contribution in [0.15, 0.2) is 0 Å². The second kappa shape index (κ2) is 5.79. The molecule has 100 valence electrons. The van der Waals surface area contributed by atoms with Crippen LogP contribution in [0.3, 0.4) is 0 Å². The molecule has 1 fully saturated rings. The van der Waals surface area contributed by atoms with Crippen LogP contribution in [0.2, 0.25) is 0 Å². The summed E-state index contributed by atoms with van der Waals surface area (Å²) in [6.07, 6.45) is 4.95. The Kier molecular flexibility index (Phi) is 4.91. The van der Waals surface area contributed by atoms with E-state index in [1.165, 1.54) is 0 Å². The molecular weight excluding hydrogens is 246 g/mol. The number of hydrogen-bond acceptors (Lipinski definition) is 4. The van der Waals surface area contributed by atoms with Crippen LogP contribution in [0, 0.1) is 0 Å². The third-order valence-electron chi connectivity index (χ3n) is 2.97. The fourth-order valence-electron chi connectivity index (χ4n) is 2.02. The summed E-state index contributed by atoms with van der Waals surface area (Å²) in [4.78, 5) is 10.3. The van der Waals surface area contributed by atoms with E-state index < -0.39 is 27.3 Å². The van der Waals surface area contributed by atoms with Gasteiger partial charge >= 0.3 is 5.97 Å². The molecule has 0 radical (unpaired) electrons. The number of rotatable bonds is 5. The van der Waals surface area contributed by atoms with Crippen LogP contribution in [0.25, 0.3) is 0 Å². The number of nitrogens with one attached hydrogen (secondary N) is 1. The molecule has 0 amide bonds. The number of carboxylic acids is 1. The van der Waals surface area contributed by atoms with Crippen LogP contribution in [-0.2, 0) is 14.8 Å². The Hall–Kier alpha value is -0.660. The van der Waals surface area contributed by atoms with E-state index in [4.69, 9.17) is 5.11 Å². The Morgan fingerprint density at radius 2 is 1.71 bits per heavy atom. The highest BCUT2D eigenvalue weighted by molar-refractivity contribution is 7.90. The highest BCUT2D eigenvalue weighted by Crippen LogP contribution is 2.26. The average molecular weight is 265 g/mol. The van der Waals surface area contributed by atoms with Crippen molar-refractivity contribution in [3.8, 4) is 0 Å². The van der Waals surface area contributed by atoms with Crippen molar-refractivity contribution in [2.45, 2.75) is 44.1 Å². The van der Waals surface area contributed by atoms with Gasteiger partial charge in [0.15, 0.2) is 5.75 Å². The van der Waals surface area contributed by atoms with Crippen LogP contribution < -0.4 is 4.72 Å². The third-order valence-corrected chi connectivity index (χ3v) is 4.18. The van der Waals surface area contributed by atoms with Crippen molar-refractivity contribution in [1.82, 2.24) is 4.72 Å². The fourth-order valence-corrected chi connectivity index (χ4v) is 2.94. The van der Waals surface area contributed by atoms with Gasteiger partial charge in [0.1, 0.15) is 0 Å². The van der Waals surface area contributed by atoms with Gasteiger partial charge in [-0.1, -0.05) is 25.7 Å². The molecule has 1 rings (SSSR count). The summed E-state index contributed by atoms with van der Waals surface area (Å²) in [7, 11) is -3.84. The second-order valence-electron chi connectivity index (χ2n) is 4.61. The van der Waals surface area contributed by atoms with E-state index in [-0.39, 0.29) is 6.54 Å². The van der Waals surface area contributed by atoms with E-state index in [9.17, 15) is 18.3 Å². The summed E-state index contributed by atoms with van der Waals surface area (Å²) >= 11 is 0. The van der Waals surface area contributed by atoms with Crippen LogP contribution in [0.4, 0.5) is 0 Å². The highest BCUT2D eigenvalue weighted by Gasteiger charge is 2.29. The molecule has 1 saturated carbocycles. The molecule has 0 saturated heterocycles. The summed E-state index contributed by atoms with van der Waals surface area (Å²) in [5.74, 6) is -2.35. The van der Waals surface area contributed by atoms with Gasteiger partial charge in [-0.3, -0.25) is 4.79 Å². The standard InChI is InChI=1S/C10H19NO5S/c12-9(13)7-17(15,16)11-8-10(14)5-3-1-2-4-6-10/h11,14H,1-8H2,(H,12,13). The van der Waals surface area contributed by atoms with E-state index in [2.05, 4.69) is 4.72 Å². The SMILES string of the molecule is O=C(O)CS(=O)(=O)NCC1(O)CCCCCC1. The highest BCUT2D eigenvalue weighted by atomic mass is 32.2. The molecule has 0 atom stereocenters. The number of aliphatic carboxylic acids is 1. The van der Waals surface area contributed by atoms with Gasteiger partial charge in [-0.25, -0.2) is 13.1 Å². The minimum Gasteiger partial charge on any atom is -0.480 e. The Bertz CT molecular complexity index is 357. The average Bonchev–Trinajstić information content (AvgIpc) is 2.39. The largest absolute Gasteiger partial charge is 0.480 e. The number of carbonyl (C=O) groups is 1. The van der Waals surface area contributed by atoms with Crippen molar-refractivity contribution in [1.29, 1.82) is 0 Å². The molecule has 1 aliphatic rings. The maximum atomic E-state index is 11.3. The predicted octanol–water partition coefficient (Wildman–Crippen LogP) is 0.0757. The number of aliphatic hydroxyl groups is 1. The van der Waals surface area contributed by atoms with E-state index in [1.54, 1.807) is 0 Å². The Morgan fingerprint density at radius 3 is 2.18 bits per heavy atom. The van der Waals surface area contributed by atoms with Crippen molar-refractivity contribution < 1.29 is 23.4 Å². The molecule has 6 nitrogen and oxygen atoms in total. The lowest BCUT2D eigenvalue weighted by Crippen LogP contribution is -2.44. The topological polar surface area (TPSA) is 104 Å². The summed E-state index contributed by atoms with van der Waals surface area (Å²) in [6, 6.07) is 0. The van der Waals surface area contributed by atoms with Crippen molar-refractivity contribution in [3.05, 3.63) is 0 Å². The van der Waals surface area contributed by atoms with Crippen LogP contribution in [0.1, 0.15) is 38.5 Å². The molecule has 0 aromatic rings. The Balaban J connectivity index is 2.50. The van der Waals surface area contributed by atoms with Crippen molar-refractivity contribution in [2.24, 2.45) is 0 Å². The summed E-state index contributed by atoms with van der Waals surface area (Å²) in [5.41, 5.74) is -1.03. The zero-order valence-electron chi connectivity index (χ0n) is 9.68. The predicted molar refractivity (Wildman–Crippen MR) is 62.1 cm³/mol. The first-order valence-electron chi connectivity index (χ1n) is 5.75. The number of sulfonamides is 1. The van der Waals surface area contributed by atoms with Gasteiger partial charge in [0, 0.05) is 6.54 Å². The molecule has 0 aromatic carbocycles. The summed E-state index contributed by atoms with van der Waals surface area (Å²) in [5, 5.41) is 18.6. The maximum Gasteiger partial charge on any atom is 0.320 e. The molecule has 0 unspecified atom stereocenters. The monoisotopic (exact) mass is 265 g/mol. The zero-order chi connectivity index (χ0) is 12.9. The molecule has 0 heterocycles. The lowest BCUT2D eigenvalue weighted by Gasteiger charge is -2.26. The second-order valence-corrected chi connectivity index (χ2v) is 6.42. The van der Waals surface area contributed by atoms with Gasteiger partial charge in [-0.2, -0.15) is 0 Å². The quantitative estimate of drug-likeness (QED) is 0.611. The molecule has 1 aliphatic carbocycles. The van der Waals surface area contributed by atoms with Crippen LogP contribution >= 0.6 is 0 Å². The van der Waals surface area contributed by atoms with Crippen molar-refractivity contribution >= 4 is 16.0 Å². The van der Waals surface area contributed by atoms with Crippen molar-refractivity contribution in [2.75, 3.05) is 12.3 Å². The van der Waals surface area contributed by atoms with E-state index >= 15 is 0 Å². The number of hydrogen-bond donors (Lipinski definition) is 3. The van der Waals surface area contributed by atoms with Gasteiger partial charge in [0.05, 0.1) is 5.60 Å². The number of carboxylic acid groups (broad SMARTS) is 1. The molecule has 0 spiro atoms. The van der Waals surface area contributed by atoms with Gasteiger partial charge in [0.25, 0.3) is 0 Å². The normalized spacial score (nSPS) is 20.8. The minimum atomic E-state index is -3.84. The first-order valence-corrected chi connectivity index (χ1v) is 7.40. The van der Waals surface area contributed by atoms with E-state index in [0.717, 1.165) is 25.7 Å². The fraction of sp³-hybridized carbons (Fsp3) is 0.900. The third kappa shape index (κ3) is 5.47. The van der Waals surface area contributed by atoms with Gasteiger partial charge in [0.2, 0.25) is 10.0 Å². The summed E-state index contributed by atoms with van der Waals surface area (Å²) in [6.45, 7) is -0.0946. The van der Waals surface area contributed by atoms with Crippen molar-refractivity contribution in [3.63, 3.8) is 0 Å². The van der Waals surface area contributed by atoms with Gasteiger partial charge < -0.3 is 10.2 Å². The van der Waals surface area contributed by atoms with Crippen LogP contribution in [-0.4, -0.2) is 42.5 Å². The van der Waals surface area contributed by atoms with Gasteiger partial charge in [-0.05, 0) is 12.8 Å². The zero-order valence-corrected chi connectivity index (χ0v) is 10.5. The minimum absolute atomic E-state index is 0.0946. The molecule has 0 aliphatic heterocycles. The Morgan fingerprint density at radius 1 is 1.18 bits per heavy atom. The first-order chi connectivity index (χ1) is 7.83. The van der Waals surface area contributed by atoms with E-state index in [1.807, 2.05) is 0 Å². The van der Waals surface area contributed by atoms with E-state index in [0.29, 0.717) is 12.8 Å². The molecule has 3 N–H and O–H groups in total. The van der Waals surface area contributed by atoms with Gasteiger partial charge in [-0.15, -0.1) is 0 Å². The lowest BCUT2D eigenvalue weighted by atomic mass is 9.95.